The molecular formula is C20H21N3O6S. The van der Waals surface area contributed by atoms with Gasteiger partial charge in [-0.05, 0) is 37.0 Å². The van der Waals surface area contributed by atoms with Crippen molar-refractivity contribution in [3.05, 3.63) is 50.9 Å². The number of methoxy groups -OCH3 is 2. The van der Waals surface area contributed by atoms with Crippen molar-refractivity contribution in [2.75, 3.05) is 27.3 Å². The number of amides is 2. The molecule has 9 nitrogen and oxygen atoms in total. The summed E-state index contributed by atoms with van der Waals surface area (Å²) in [6, 6.07) is 7.42. The van der Waals surface area contributed by atoms with Crippen LogP contribution in [0.3, 0.4) is 0 Å². The summed E-state index contributed by atoms with van der Waals surface area (Å²) >= 11 is 0.837. The van der Waals surface area contributed by atoms with Crippen LogP contribution >= 0.6 is 11.3 Å². The molecule has 1 saturated heterocycles. The van der Waals surface area contributed by atoms with Crippen molar-refractivity contribution in [1.82, 2.24) is 10.0 Å². The predicted molar refractivity (Wildman–Crippen MR) is 109 cm³/mol. The number of nitrogens with zero attached hydrogens (tertiary/aromatic N) is 3. The second kappa shape index (κ2) is 7.60. The number of thiophene rings is 1. The highest BCUT2D eigenvalue weighted by atomic mass is 32.1. The van der Waals surface area contributed by atoms with Gasteiger partial charge in [0.15, 0.2) is 0 Å². The van der Waals surface area contributed by atoms with E-state index < -0.39 is 16.2 Å². The van der Waals surface area contributed by atoms with Crippen LogP contribution in [-0.4, -0.2) is 54.1 Å². The van der Waals surface area contributed by atoms with Crippen LogP contribution in [0.25, 0.3) is 0 Å². The van der Waals surface area contributed by atoms with Gasteiger partial charge in [-0.15, -0.1) is 0 Å². The Morgan fingerprint density at radius 2 is 1.77 bits per heavy atom. The van der Waals surface area contributed by atoms with Gasteiger partial charge in [-0.3, -0.25) is 24.7 Å². The van der Waals surface area contributed by atoms with Crippen molar-refractivity contribution in [1.29, 1.82) is 0 Å². The number of nitro groups is 1. The fraction of sp³-hybridized carbons (Fsp3) is 0.400. The van der Waals surface area contributed by atoms with Crippen LogP contribution in [0.4, 0.5) is 5.00 Å². The molecule has 1 saturated carbocycles. The van der Waals surface area contributed by atoms with Crippen LogP contribution in [0.15, 0.2) is 29.6 Å². The molecule has 2 aromatic rings. The third-order valence-electron chi connectivity index (χ3n) is 5.63. The lowest BCUT2D eigenvalue weighted by Crippen LogP contribution is -2.48. The first-order valence-electron chi connectivity index (χ1n) is 9.51. The molecule has 0 N–H and O–H groups in total. The van der Waals surface area contributed by atoms with Crippen LogP contribution in [0, 0.1) is 10.1 Å². The molecule has 4 rings (SSSR count). The van der Waals surface area contributed by atoms with E-state index in [2.05, 4.69) is 0 Å². The molecule has 2 aliphatic rings. The van der Waals surface area contributed by atoms with E-state index in [4.69, 9.17) is 9.47 Å². The van der Waals surface area contributed by atoms with Crippen molar-refractivity contribution in [3.63, 3.8) is 0 Å². The molecule has 2 amide bonds. The van der Waals surface area contributed by atoms with Crippen molar-refractivity contribution < 1.29 is 24.0 Å². The summed E-state index contributed by atoms with van der Waals surface area (Å²) in [5.41, 5.74) is 0.361. The number of carbonyl (C=O) groups is 2. The summed E-state index contributed by atoms with van der Waals surface area (Å²) in [4.78, 5) is 37.2. The van der Waals surface area contributed by atoms with Crippen LogP contribution in [0.2, 0.25) is 0 Å². The standard InChI is InChI=1S/C20H21N3O6S/c1-28-14-6-4-13(5-7-14)20(8-9-20)19(25)22-11-3-10-21(22)17(24)15-12-30-18(23(26)27)16(15)29-2/h4-7,12H,3,8-11H2,1-2H3. The maximum Gasteiger partial charge on any atom is 0.366 e. The van der Waals surface area contributed by atoms with Gasteiger partial charge in [0.05, 0.1) is 24.6 Å². The summed E-state index contributed by atoms with van der Waals surface area (Å²) in [6.07, 6.45) is 2.07. The molecule has 2 heterocycles. The average molecular weight is 431 g/mol. The van der Waals surface area contributed by atoms with Crippen LogP contribution in [-0.2, 0) is 10.2 Å². The first-order chi connectivity index (χ1) is 14.4. The number of rotatable bonds is 6. The van der Waals surface area contributed by atoms with E-state index in [-0.39, 0.29) is 22.2 Å². The van der Waals surface area contributed by atoms with E-state index in [1.54, 1.807) is 7.11 Å². The third-order valence-corrected chi connectivity index (χ3v) is 6.54. The summed E-state index contributed by atoms with van der Waals surface area (Å²) < 4.78 is 10.3. The zero-order chi connectivity index (χ0) is 21.5. The van der Waals surface area contributed by atoms with Gasteiger partial charge in [0.1, 0.15) is 11.3 Å². The second-order valence-electron chi connectivity index (χ2n) is 7.27. The smallest absolute Gasteiger partial charge is 0.366 e. The van der Waals surface area contributed by atoms with Gasteiger partial charge in [0, 0.05) is 18.5 Å². The van der Waals surface area contributed by atoms with E-state index in [9.17, 15) is 19.7 Å². The number of carbonyl (C=O) groups excluding carboxylic acids is 2. The van der Waals surface area contributed by atoms with E-state index in [1.807, 2.05) is 24.3 Å². The molecule has 0 radical (unpaired) electrons. The Morgan fingerprint density at radius 3 is 2.33 bits per heavy atom. The van der Waals surface area contributed by atoms with Crippen molar-refractivity contribution in [2.24, 2.45) is 0 Å². The van der Waals surface area contributed by atoms with Gasteiger partial charge in [0.25, 0.3) is 11.8 Å². The lowest BCUT2D eigenvalue weighted by molar-refractivity contribution is -0.381. The molecule has 0 spiro atoms. The van der Waals surface area contributed by atoms with Crippen LogP contribution in [0.1, 0.15) is 35.2 Å². The van der Waals surface area contributed by atoms with E-state index in [1.165, 1.54) is 22.5 Å². The fourth-order valence-corrected chi connectivity index (χ4v) is 4.71. The van der Waals surface area contributed by atoms with E-state index in [0.717, 1.165) is 16.9 Å². The van der Waals surface area contributed by atoms with Gasteiger partial charge < -0.3 is 9.47 Å². The molecule has 1 aromatic carbocycles. The molecule has 0 bridgehead atoms. The minimum Gasteiger partial charge on any atom is -0.497 e. The maximum absolute atomic E-state index is 13.5. The predicted octanol–water partition coefficient (Wildman–Crippen LogP) is 2.99. The SMILES string of the molecule is COc1ccc(C2(C(=O)N3CCCN3C(=O)c3csc([N+](=O)[O-])c3OC)CC2)cc1. The third kappa shape index (κ3) is 3.17. The fourth-order valence-electron chi connectivity index (χ4n) is 3.89. The van der Waals surface area contributed by atoms with Gasteiger partial charge in [-0.1, -0.05) is 23.5 Å². The summed E-state index contributed by atoms with van der Waals surface area (Å²) in [6.45, 7) is 0.799. The minimum atomic E-state index is -0.639. The number of hydrogen-bond acceptors (Lipinski definition) is 7. The molecule has 10 heteroatoms. The average Bonchev–Trinajstić information content (AvgIpc) is 3.22. The highest BCUT2D eigenvalue weighted by Gasteiger charge is 2.55. The first-order valence-corrected chi connectivity index (χ1v) is 10.4. The van der Waals surface area contributed by atoms with Crippen molar-refractivity contribution >= 4 is 28.2 Å². The Labute approximate surface area is 176 Å². The highest BCUT2D eigenvalue weighted by Crippen LogP contribution is 2.50. The van der Waals surface area contributed by atoms with E-state index >= 15 is 0 Å². The number of benzene rings is 1. The number of hydrogen-bond donors (Lipinski definition) is 0. The van der Waals surface area contributed by atoms with Crippen molar-refractivity contribution in [3.8, 4) is 11.5 Å². The molecule has 0 unspecified atom stereocenters. The largest absolute Gasteiger partial charge is 0.497 e. The first kappa shape index (κ1) is 20.1. The molecule has 30 heavy (non-hydrogen) atoms. The minimum absolute atomic E-state index is 0.0643. The molecule has 1 aromatic heterocycles. The zero-order valence-electron chi connectivity index (χ0n) is 16.6. The van der Waals surface area contributed by atoms with Gasteiger partial charge in [-0.25, -0.2) is 5.01 Å². The molecule has 1 aliphatic carbocycles. The lowest BCUT2D eigenvalue weighted by Gasteiger charge is -2.31. The normalized spacial score (nSPS) is 17.0. The van der Waals surface area contributed by atoms with Gasteiger partial charge >= 0.3 is 5.00 Å². The Hall–Kier alpha value is -3.14. The molecule has 0 atom stereocenters. The molecule has 2 fully saturated rings. The Kier molecular flexibility index (Phi) is 5.10. The van der Waals surface area contributed by atoms with E-state index in [0.29, 0.717) is 38.1 Å². The van der Waals surface area contributed by atoms with Gasteiger partial charge in [-0.2, -0.15) is 0 Å². The number of hydrazine groups is 1. The van der Waals surface area contributed by atoms with Crippen LogP contribution in [0.5, 0.6) is 11.5 Å². The quantitative estimate of drug-likeness (QED) is 0.515. The zero-order valence-corrected chi connectivity index (χ0v) is 17.4. The Bertz CT molecular complexity index is 998. The summed E-state index contributed by atoms with van der Waals surface area (Å²) in [7, 11) is 2.88. The maximum atomic E-state index is 13.5. The van der Waals surface area contributed by atoms with Crippen LogP contribution < -0.4 is 9.47 Å². The molecular weight excluding hydrogens is 410 g/mol. The Balaban J connectivity index is 1.60. The lowest BCUT2D eigenvalue weighted by atomic mass is 9.94. The topological polar surface area (TPSA) is 102 Å². The molecule has 158 valence electrons. The highest BCUT2D eigenvalue weighted by molar-refractivity contribution is 7.14. The monoisotopic (exact) mass is 431 g/mol. The summed E-state index contributed by atoms with van der Waals surface area (Å²) in [5.74, 6) is 0.0616. The van der Waals surface area contributed by atoms with Crippen molar-refractivity contribution in [2.45, 2.75) is 24.7 Å². The van der Waals surface area contributed by atoms with Gasteiger partial charge in [0.2, 0.25) is 5.75 Å². The summed E-state index contributed by atoms with van der Waals surface area (Å²) in [5, 5.41) is 15.3. The Morgan fingerprint density at radius 1 is 1.10 bits per heavy atom. The molecule has 1 aliphatic heterocycles. The number of ether oxygens (including phenoxy) is 2. The second-order valence-corrected chi connectivity index (χ2v) is 8.12.